The van der Waals surface area contributed by atoms with Crippen LogP contribution in [0.2, 0.25) is 0 Å². The largest absolute Gasteiger partial charge is 0.508 e. The molecule has 1 unspecified atom stereocenters. The fourth-order valence-corrected chi connectivity index (χ4v) is 2.43. The predicted molar refractivity (Wildman–Crippen MR) is 64.6 cm³/mol. The third-order valence-electron chi connectivity index (χ3n) is 3.31. The first-order valence-corrected chi connectivity index (χ1v) is 5.86. The third kappa shape index (κ3) is 2.03. The van der Waals surface area contributed by atoms with Crippen LogP contribution < -0.4 is 5.32 Å². The monoisotopic (exact) mass is 229 g/mol. The van der Waals surface area contributed by atoms with Gasteiger partial charge in [0.1, 0.15) is 5.75 Å². The van der Waals surface area contributed by atoms with Gasteiger partial charge in [-0.05, 0) is 36.1 Å². The number of fused-ring (bicyclic) bond motifs is 1. The maximum absolute atomic E-state index is 9.43. The number of H-pyrrole nitrogens is 1. The van der Waals surface area contributed by atoms with Crippen molar-refractivity contribution in [2.75, 3.05) is 0 Å². The van der Waals surface area contributed by atoms with E-state index in [2.05, 4.69) is 15.5 Å². The zero-order valence-electron chi connectivity index (χ0n) is 9.48. The summed E-state index contributed by atoms with van der Waals surface area (Å²) in [5.41, 5.74) is 3.73. The molecule has 1 heterocycles. The standard InChI is InChI=1S/C13H15N3O/c17-11-2-3-12-10(5-11)1-4-13(12)14-6-9-7-15-16-8-9/h2-3,5,7-8,13-14,17H,1,4,6H2,(H,15,16). The molecule has 0 spiro atoms. The van der Waals surface area contributed by atoms with Crippen LogP contribution in [-0.2, 0) is 13.0 Å². The molecule has 1 aromatic heterocycles. The Morgan fingerprint density at radius 2 is 2.41 bits per heavy atom. The smallest absolute Gasteiger partial charge is 0.115 e. The third-order valence-corrected chi connectivity index (χ3v) is 3.31. The van der Waals surface area contributed by atoms with Crippen LogP contribution in [0, 0.1) is 0 Å². The maximum Gasteiger partial charge on any atom is 0.115 e. The second-order valence-electron chi connectivity index (χ2n) is 4.46. The Morgan fingerprint density at radius 3 is 3.24 bits per heavy atom. The quantitative estimate of drug-likeness (QED) is 0.753. The second kappa shape index (κ2) is 4.22. The number of aromatic hydroxyl groups is 1. The minimum absolute atomic E-state index is 0.360. The molecule has 17 heavy (non-hydrogen) atoms. The number of phenols is 1. The predicted octanol–water partition coefficient (Wildman–Crippen LogP) is 1.89. The van der Waals surface area contributed by atoms with E-state index in [4.69, 9.17) is 0 Å². The van der Waals surface area contributed by atoms with Crippen molar-refractivity contribution in [3.05, 3.63) is 47.3 Å². The summed E-state index contributed by atoms with van der Waals surface area (Å²) in [6.45, 7) is 0.821. The number of aromatic nitrogens is 2. The maximum atomic E-state index is 9.43. The van der Waals surface area contributed by atoms with E-state index in [-0.39, 0.29) is 0 Å². The molecule has 2 aromatic rings. The van der Waals surface area contributed by atoms with Crippen LogP contribution in [0.4, 0.5) is 0 Å². The van der Waals surface area contributed by atoms with Crippen molar-refractivity contribution < 1.29 is 5.11 Å². The first-order valence-electron chi connectivity index (χ1n) is 5.86. The Bertz CT molecular complexity index is 507. The highest BCUT2D eigenvalue weighted by atomic mass is 16.3. The molecule has 0 amide bonds. The topological polar surface area (TPSA) is 60.9 Å². The summed E-state index contributed by atoms with van der Waals surface area (Å²) >= 11 is 0. The Kier molecular flexibility index (Phi) is 2.57. The number of rotatable bonds is 3. The van der Waals surface area contributed by atoms with E-state index >= 15 is 0 Å². The number of nitrogens with one attached hydrogen (secondary N) is 2. The van der Waals surface area contributed by atoms with Gasteiger partial charge < -0.3 is 10.4 Å². The highest BCUT2D eigenvalue weighted by Gasteiger charge is 2.21. The van der Waals surface area contributed by atoms with Gasteiger partial charge in [-0.3, -0.25) is 5.10 Å². The summed E-state index contributed by atoms with van der Waals surface area (Å²) in [5, 5.41) is 19.7. The second-order valence-corrected chi connectivity index (χ2v) is 4.46. The summed E-state index contributed by atoms with van der Waals surface area (Å²) in [4.78, 5) is 0. The van der Waals surface area contributed by atoms with Gasteiger partial charge in [0.2, 0.25) is 0 Å². The summed E-state index contributed by atoms with van der Waals surface area (Å²) in [6.07, 6.45) is 5.86. The van der Waals surface area contributed by atoms with Gasteiger partial charge in [-0.15, -0.1) is 0 Å². The van der Waals surface area contributed by atoms with E-state index in [0.717, 1.165) is 24.9 Å². The Morgan fingerprint density at radius 1 is 1.47 bits per heavy atom. The van der Waals surface area contributed by atoms with Crippen molar-refractivity contribution in [3.8, 4) is 5.75 Å². The highest BCUT2D eigenvalue weighted by Crippen LogP contribution is 2.33. The van der Waals surface area contributed by atoms with Gasteiger partial charge in [-0.2, -0.15) is 5.10 Å². The minimum atomic E-state index is 0.360. The molecule has 3 N–H and O–H groups in total. The number of phenolic OH excluding ortho intramolecular Hbond substituents is 1. The molecular formula is C13H15N3O. The highest BCUT2D eigenvalue weighted by molar-refractivity contribution is 5.40. The molecule has 1 aliphatic rings. The Balaban J connectivity index is 1.71. The van der Waals surface area contributed by atoms with Crippen LogP contribution in [0.25, 0.3) is 0 Å². The van der Waals surface area contributed by atoms with E-state index < -0.39 is 0 Å². The fourth-order valence-electron chi connectivity index (χ4n) is 2.43. The van der Waals surface area contributed by atoms with Gasteiger partial charge in [-0.1, -0.05) is 6.07 Å². The van der Waals surface area contributed by atoms with Gasteiger partial charge in [0.05, 0.1) is 6.20 Å². The summed E-state index contributed by atoms with van der Waals surface area (Å²) in [5.74, 6) is 0.360. The molecule has 0 bridgehead atoms. The normalized spacial score (nSPS) is 18.2. The van der Waals surface area contributed by atoms with E-state index in [1.807, 2.05) is 24.5 Å². The number of benzene rings is 1. The van der Waals surface area contributed by atoms with E-state index in [0.29, 0.717) is 11.8 Å². The van der Waals surface area contributed by atoms with Gasteiger partial charge in [0.25, 0.3) is 0 Å². The van der Waals surface area contributed by atoms with Crippen LogP contribution in [0.15, 0.2) is 30.6 Å². The Labute approximate surface area is 99.7 Å². The van der Waals surface area contributed by atoms with E-state index in [9.17, 15) is 5.11 Å². The minimum Gasteiger partial charge on any atom is -0.508 e. The molecule has 1 aromatic carbocycles. The van der Waals surface area contributed by atoms with Crippen molar-refractivity contribution >= 4 is 0 Å². The average molecular weight is 229 g/mol. The molecule has 1 aliphatic carbocycles. The van der Waals surface area contributed by atoms with Crippen molar-refractivity contribution in [1.82, 2.24) is 15.5 Å². The van der Waals surface area contributed by atoms with Crippen LogP contribution >= 0.6 is 0 Å². The lowest BCUT2D eigenvalue weighted by atomic mass is 10.1. The molecule has 0 aliphatic heterocycles. The van der Waals surface area contributed by atoms with Gasteiger partial charge in [0.15, 0.2) is 0 Å². The van der Waals surface area contributed by atoms with Gasteiger partial charge >= 0.3 is 0 Å². The number of aryl methyl sites for hydroxylation is 1. The molecule has 3 rings (SSSR count). The van der Waals surface area contributed by atoms with Crippen molar-refractivity contribution in [2.45, 2.75) is 25.4 Å². The van der Waals surface area contributed by atoms with Crippen LogP contribution in [0.5, 0.6) is 5.75 Å². The SMILES string of the molecule is Oc1ccc2c(c1)CCC2NCc1cn[nH]c1. The molecule has 0 fully saturated rings. The summed E-state index contributed by atoms with van der Waals surface area (Å²) in [6, 6.07) is 6.04. The zero-order chi connectivity index (χ0) is 11.7. The molecule has 0 saturated heterocycles. The number of aromatic amines is 1. The van der Waals surface area contributed by atoms with E-state index in [1.54, 1.807) is 6.07 Å². The van der Waals surface area contributed by atoms with Gasteiger partial charge in [0, 0.05) is 24.3 Å². The van der Waals surface area contributed by atoms with Crippen LogP contribution in [-0.4, -0.2) is 15.3 Å². The van der Waals surface area contributed by atoms with Crippen molar-refractivity contribution in [2.24, 2.45) is 0 Å². The molecule has 0 saturated carbocycles. The fraction of sp³-hybridized carbons (Fsp3) is 0.308. The lowest BCUT2D eigenvalue weighted by Crippen LogP contribution is -2.18. The van der Waals surface area contributed by atoms with Crippen LogP contribution in [0.1, 0.15) is 29.2 Å². The molecule has 1 atom stereocenters. The molecule has 88 valence electrons. The number of hydrogen-bond acceptors (Lipinski definition) is 3. The molecule has 0 radical (unpaired) electrons. The zero-order valence-corrected chi connectivity index (χ0v) is 9.48. The van der Waals surface area contributed by atoms with Crippen LogP contribution in [0.3, 0.4) is 0 Å². The van der Waals surface area contributed by atoms with Crippen molar-refractivity contribution in [3.63, 3.8) is 0 Å². The summed E-state index contributed by atoms with van der Waals surface area (Å²) < 4.78 is 0. The molecule has 4 nitrogen and oxygen atoms in total. The molecule has 4 heteroatoms. The van der Waals surface area contributed by atoms with E-state index in [1.165, 1.54) is 11.1 Å². The summed E-state index contributed by atoms with van der Waals surface area (Å²) in [7, 11) is 0. The first kappa shape index (κ1) is 10.4. The average Bonchev–Trinajstić information content (AvgIpc) is 2.94. The molecular weight excluding hydrogens is 214 g/mol. The Hall–Kier alpha value is -1.81. The van der Waals surface area contributed by atoms with Gasteiger partial charge in [-0.25, -0.2) is 0 Å². The first-order chi connectivity index (χ1) is 8.33. The lowest BCUT2D eigenvalue weighted by Gasteiger charge is -2.13. The number of nitrogens with zero attached hydrogens (tertiary/aromatic N) is 1. The number of hydrogen-bond donors (Lipinski definition) is 3. The van der Waals surface area contributed by atoms with Crippen molar-refractivity contribution in [1.29, 1.82) is 0 Å². The lowest BCUT2D eigenvalue weighted by molar-refractivity contribution is 0.474.